The first-order chi connectivity index (χ1) is 8.88. The van der Waals surface area contributed by atoms with Crippen LogP contribution in [0.2, 0.25) is 10.2 Å². The maximum atomic E-state index is 12.9. The van der Waals surface area contributed by atoms with E-state index in [1.807, 2.05) is 0 Å². The third-order valence-corrected chi connectivity index (χ3v) is 4.07. The first-order valence-corrected chi connectivity index (χ1v) is 7.22. The molecule has 0 atom stereocenters. The maximum absolute atomic E-state index is 12.9. The number of hydrogen-bond acceptors (Lipinski definition) is 3. The number of benzene rings is 1. The molecular weight excluding hydrogens is 314 g/mol. The van der Waals surface area contributed by atoms with Crippen LogP contribution >= 0.6 is 23.2 Å². The average molecular weight is 321 g/mol. The minimum Gasteiger partial charge on any atom is -0.278 e. The van der Waals surface area contributed by atoms with Crippen molar-refractivity contribution in [1.29, 1.82) is 0 Å². The van der Waals surface area contributed by atoms with Gasteiger partial charge in [0.15, 0.2) is 0 Å². The highest BCUT2D eigenvalue weighted by Crippen LogP contribution is 2.25. The van der Waals surface area contributed by atoms with Gasteiger partial charge in [-0.1, -0.05) is 23.2 Å². The number of halogens is 3. The highest BCUT2D eigenvalue weighted by Gasteiger charge is 2.16. The van der Waals surface area contributed by atoms with E-state index in [1.54, 1.807) is 0 Å². The third-order valence-electron chi connectivity index (χ3n) is 2.18. The Morgan fingerprint density at radius 1 is 1.16 bits per heavy atom. The maximum Gasteiger partial charge on any atom is 0.262 e. The molecule has 0 unspecified atom stereocenters. The average Bonchev–Trinajstić information content (AvgIpc) is 2.33. The fourth-order valence-electron chi connectivity index (χ4n) is 1.33. The van der Waals surface area contributed by atoms with Gasteiger partial charge < -0.3 is 0 Å². The van der Waals surface area contributed by atoms with Gasteiger partial charge >= 0.3 is 0 Å². The SMILES string of the molecule is O=S(=O)(Nc1ccc(F)cc1Cl)c1ccnc(Cl)c1. The third kappa shape index (κ3) is 3.34. The predicted octanol–water partition coefficient (Wildman–Crippen LogP) is 3.33. The summed E-state index contributed by atoms with van der Waals surface area (Å²) >= 11 is 11.4. The Bertz CT molecular complexity index is 722. The molecule has 2 aromatic rings. The molecule has 1 N–H and O–H groups in total. The first-order valence-electron chi connectivity index (χ1n) is 4.98. The molecule has 1 aromatic heterocycles. The van der Waals surface area contributed by atoms with Crippen LogP contribution in [0.15, 0.2) is 41.4 Å². The summed E-state index contributed by atoms with van der Waals surface area (Å²) in [5, 5.41) is 0.0109. The second-order valence-electron chi connectivity index (χ2n) is 3.54. The van der Waals surface area contributed by atoms with Gasteiger partial charge in [-0.3, -0.25) is 4.72 Å². The standard InChI is InChI=1S/C11H7Cl2FN2O2S/c12-9-5-7(14)1-2-10(9)16-19(17,18)8-3-4-15-11(13)6-8/h1-6,16H. The van der Waals surface area contributed by atoms with Crippen LogP contribution in [0.4, 0.5) is 10.1 Å². The largest absolute Gasteiger partial charge is 0.278 e. The zero-order valence-corrected chi connectivity index (χ0v) is 11.6. The van der Waals surface area contributed by atoms with E-state index in [0.717, 1.165) is 12.1 Å². The normalized spacial score (nSPS) is 11.3. The second kappa shape index (κ2) is 5.32. The van der Waals surface area contributed by atoms with Gasteiger partial charge in [0, 0.05) is 6.20 Å². The van der Waals surface area contributed by atoms with E-state index >= 15 is 0 Å². The summed E-state index contributed by atoms with van der Waals surface area (Å²) in [6.07, 6.45) is 1.27. The van der Waals surface area contributed by atoms with Gasteiger partial charge in [0.1, 0.15) is 11.0 Å². The number of nitrogens with zero attached hydrogens (tertiary/aromatic N) is 1. The molecule has 0 amide bonds. The number of anilines is 1. The Kier molecular flexibility index (Phi) is 3.93. The first kappa shape index (κ1) is 14.0. The summed E-state index contributed by atoms with van der Waals surface area (Å²) in [6, 6.07) is 5.83. The lowest BCUT2D eigenvalue weighted by Gasteiger charge is -2.09. The number of pyridine rings is 1. The van der Waals surface area contributed by atoms with Crippen LogP contribution in [0.25, 0.3) is 0 Å². The fraction of sp³-hybridized carbons (Fsp3) is 0. The molecule has 1 aromatic carbocycles. The molecular formula is C11H7Cl2FN2O2S. The number of sulfonamides is 1. The number of rotatable bonds is 3. The zero-order chi connectivity index (χ0) is 14.0. The molecule has 0 saturated carbocycles. The van der Waals surface area contributed by atoms with Gasteiger partial charge in [0.05, 0.1) is 15.6 Å². The molecule has 0 saturated heterocycles. The van der Waals surface area contributed by atoms with E-state index in [2.05, 4.69) is 9.71 Å². The van der Waals surface area contributed by atoms with Crippen LogP contribution in [-0.2, 0) is 10.0 Å². The van der Waals surface area contributed by atoms with Crippen molar-refractivity contribution >= 4 is 38.9 Å². The zero-order valence-electron chi connectivity index (χ0n) is 9.27. The molecule has 0 fully saturated rings. The Labute approximate surface area is 119 Å². The molecule has 0 aliphatic carbocycles. The van der Waals surface area contributed by atoms with Crippen molar-refractivity contribution in [2.75, 3.05) is 4.72 Å². The van der Waals surface area contributed by atoms with Crippen LogP contribution in [0.1, 0.15) is 0 Å². The Morgan fingerprint density at radius 3 is 2.53 bits per heavy atom. The van der Waals surface area contributed by atoms with Crippen LogP contribution in [0.5, 0.6) is 0 Å². The second-order valence-corrected chi connectivity index (χ2v) is 6.02. The number of nitrogens with one attached hydrogen (secondary N) is 1. The van der Waals surface area contributed by atoms with Gasteiger partial charge in [-0.15, -0.1) is 0 Å². The molecule has 1 heterocycles. The molecule has 0 radical (unpaired) electrons. The van der Waals surface area contributed by atoms with Crippen molar-refractivity contribution in [3.8, 4) is 0 Å². The monoisotopic (exact) mass is 320 g/mol. The lowest BCUT2D eigenvalue weighted by Crippen LogP contribution is -2.13. The summed E-state index contributed by atoms with van der Waals surface area (Å²) in [5.74, 6) is -0.556. The van der Waals surface area contributed by atoms with Crippen LogP contribution in [0, 0.1) is 5.82 Å². The van der Waals surface area contributed by atoms with Crippen molar-refractivity contribution in [3.05, 3.63) is 52.5 Å². The van der Waals surface area contributed by atoms with E-state index in [-0.39, 0.29) is 20.8 Å². The van der Waals surface area contributed by atoms with Gasteiger partial charge in [-0.25, -0.2) is 17.8 Å². The summed E-state index contributed by atoms with van der Waals surface area (Å²) in [6.45, 7) is 0. The predicted molar refractivity (Wildman–Crippen MR) is 71.5 cm³/mol. The Hall–Kier alpha value is -1.37. The van der Waals surface area contributed by atoms with Crippen molar-refractivity contribution in [1.82, 2.24) is 4.98 Å². The van der Waals surface area contributed by atoms with E-state index in [0.29, 0.717) is 0 Å². The highest BCUT2D eigenvalue weighted by molar-refractivity contribution is 7.92. The summed E-state index contributed by atoms with van der Waals surface area (Å²) in [5.41, 5.74) is 0.0796. The van der Waals surface area contributed by atoms with Gasteiger partial charge in [-0.2, -0.15) is 0 Å². The van der Waals surface area contributed by atoms with Crippen molar-refractivity contribution in [2.45, 2.75) is 4.90 Å². The molecule has 100 valence electrons. The number of hydrogen-bond donors (Lipinski definition) is 1. The summed E-state index contributed by atoms with van der Waals surface area (Å²) in [4.78, 5) is 3.62. The molecule has 2 rings (SSSR count). The van der Waals surface area contributed by atoms with Crippen molar-refractivity contribution in [2.24, 2.45) is 0 Å². The Morgan fingerprint density at radius 2 is 1.89 bits per heavy atom. The topological polar surface area (TPSA) is 59.1 Å². The molecule has 0 bridgehead atoms. The quantitative estimate of drug-likeness (QED) is 0.882. The smallest absolute Gasteiger partial charge is 0.262 e. The number of aromatic nitrogens is 1. The molecule has 0 aliphatic heterocycles. The van der Waals surface area contributed by atoms with E-state index < -0.39 is 15.8 Å². The Balaban J connectivity index is 2.36. The fourth-order valence-corrected chi connectivity index (χ4v) is 2.93. The lowest BCUT2D eigenvalue weighted by molar-refractivity contribution is 0.601. The summed E-state index contributed by atoms with van der Waals surface area (Å²) in [7, 11) is -3.85. The highest BCUT2D eigenvalue weighted by atomic mass is 35.5. The van der Waals surface area contributed by atoms with Crippen LogP contribution < -0.4 is 4.72 Å². The van der Waals surface area contributed by atoms with Gasteiger partial charge in [-0.05, 0) is 30.3 Å². The van der Waals surface area contributed by atoms with Crippen LogP contribution in [0.3, 0.4) is 0 Å². The van der Waals surface area contributed by atoms with Gasteiger partial charge in [0.2, 0.25) is 0 Å². The van der Waals surface area contributed by atoms with Crippen LogP contribution in [-0.4, -0.2) is 13.4 Å². The molecule has 0 spiro atoms. The molecule has 0 aliphatic rings. The lowest BCUT2D eigenvalue weighted by atomic mass is 10.3. The van der Waals surface area contributed by atoms with Crippen molar-refractivity contribution < 1.29 is 12.8 Å². The van der Waals surface area contributed by atoms with Gasteiger partial charge in [0.25, 0.3) is 10.0 Å². The van der Waals surface area contributed by atoms with Crippen molar-refractivity contribution in [3.63, 3.8) is 0 Å². The summed E-state index contributed by atoms with van der Waals surface area (Å²) < 4.78 is 39.2. The molecule has 8 heteroatoms. The van der Waals surface area contributed by atoms with E-state index in [1.165, 1.54) is 24.4 Å². The minimum atomic E-state index is -3.85. The molecule has 19 heavy (non-hydrogen) atoms. The minimum absolute atomic E-state index is 0.0382. The van der Waals surface area contributed by atoms with E-state index in [9.17, 15) is 12.8 Å². The molecule has 4 nitrogen and oxygen atoms in total. The van der Waals surface area contributed by atoms with E-state index in [4.69, 9.17) is 23.2 Å².